The molecule has 4 heteroatoms. The fraction of sp³-hybridized carbons (Fsp3) is 0.613. The molecule has 1 nitrogen and oxygen atoms in total. The summed E-state index contributed by atoms with van der Waals surface area (Å²) < 4.78 is 48.3. The smallest absolute Gasteiger partial charge is 0.313 e. The molecule has 1 atom stereocenters. The SMILES string of the molecule is CCCCCc1ccc(C(F)C(F)(F)OCc2ccc(C3CCC(CCCCC)CC3)cc2)cc1. The maximum atomic E-state index is 14.6. The van der Waals surface area contributed by atoms with Crippen molar-refractivity contribution in [1.29, 1.82) is 0 Å². The van der Waals surface area contributed by atoms with Crippen molar-refractivity contribution < 1.29 is 17.9 Å². The van der Waals surface area contributed by atoms with E-state index in [1.807, 2.05) is 24.3 Å². The Bertz CT molecular complexity index is 839. The van der Waals surface area contributed by atoms with Crippen molar-refractivity contribution in [2.75, 3.05) is 0 Å². The highest BCUT2D eigenvalue weighted by Gasteiger charge is 2.42. The van der Waals surface area contributed by atoms with Crippen LogP contribution in [0.15, 0.2) is 48.5 Å². The largest absolute Gasteiger partial charge is 0.391 e. The first-order valence-electron chi connectivity index (χ1n) is 13.8. The molecule has 0 amide bonds. The molecule has 1 aliphatic carbocycles. The Kier molecular flexibility index (Phi) is 11.2. The molecule has 0 bridgehead atoms. The molecule has 0 saturated heterocycles. The fourth-order valence-electron chi connectivity index (χ4n) is 5.23. The Morgan fingerprint density at radius 2 is 1.40 bits per heavy atom. The van der Waals surface area contributed by atoms with Crippen molar-refractivity contribution in [3.8, 4) is 0 Å². The van der Waals surface area contributed by atoms with Crippen LogP contribution < -0.4 is 0 Å². The van der Waals surface area contributed by atoms with Gasteiger partial charge in [-0.3, -0.25) is 0 Å². The molecule has 1 saturated carbocycles. The number of hydrogen-bond donors (Lipinski definition) is 0. The molecule has 0 heterocycles. The third kappa shape index (κ3) is 8.66. The monoisotopic (exact) mass is 488 g/mol. The predicted octanol–water partition coefficient (Wildman–Crippen LogP) is 10.1. The van der Waals surface area contributed by atoms with Crippen molar-refractivity contribution in [1.82, 2.24) is 0 Å². The number of alkyl halides is 3. The molecule has 0 N–H and O–H groups in total. The minimum atomic E-state index is -3.88. The van der Waals surface area contributed by atoms with Crippen LogP contribution >= 0.6 is 0 Å². The molecule has 1 unspecified atom stereocenters. The van der Waals surface area contributed by atoms with Gasteiger partial charge in [-0.25, -0.2) is 4.39 Å². The number of unbranched alkanes of at least 4 members (excludes halogenated alkanes) is 4. The number of halogens is 3. The van der Waals surface area contributed by atoms with Crippen LogP contribution in [-0.4, -0.2) is 6.11 Å². The van der Waals surface area contributed by atoms with E-state index in [4.69, 9.17) is 4.74 Å². The lowest BCUT2D eigenvalue weighted by Gasteiger charge is -2.29. The summed E-state index contributed by atoms with van der Waals surface area (Å²) in [6.07, 6.45) is 8.08. The van der Waals surface area contributed by atoms with E-state index in [1.54, 1.807) is 12.1 Å². The van der Waals surface area contributed by atoms with Gasteiger partial charge in [-0.15, -0.1) is 0 Å². The Labute approximate surface area is 210 Å². The summed E-state index contributed by atoms with van der Waals surface area (Å²) in [4.78, 5) is 0. The molecule has 1 aliphatic rings. The van der Waals surface area contributed by atoms with Gasteiger partial charge in [-0.1, -0.05) is 101 Å². The summed E-state index contributed by atoms with van der Waals surface area (Å²) in [5, 5.41) is 0. The normalized spacial score (nSPS) is 19.6. The summed E-state index contributed by atoms with van der Waals surface area (Å²) in [5.74, 6) is 1.41. The highest BCUT2D eigenvalue weighted by Crippen LogP contribution is 2.39. The van der Waals surface area contributed by atoms with Gasteiger partial charge in [0, 0.05) is 0 Å². The topological polar surface area (TPSA) is 9.23 Å². The first-order valence-corrected chi connectivity index (χ1v) is 13.8. The van der Waals surface area contributed by atoms with Gasteiger partial charge >= 0.3 is 6.11 Å². The lowest BCUT2D eigenvalue weighted by Crippen LogP contribution is -2.27. The molecule has 35 heavy (non-hydrogen) atoms. The van der Waals surface area contributed by atoms with E-state index in [0.29, 0.717) is 11.5 Å². The molecule has 194 valence electrons. The molecule has 2 aromatic carbocycles. The third-order valence-electron chi connectivity index (χ3n) is 7.58. The van der Waals surface area contributed by atoms with Crippen LogP contribution in [0.1, 0.15) is 119 Å². The van der Waals surface area contributed by atoms with Gasteiger partial charge in [0.05, 0.1) is 6.61 Å². The highest BCUT2D eigenvalue weighted by molar-refractivity contribution is 5.26. The standard InChI is InChI=1S/C31H43F3O/c1-3-5-7-9-24-11-17-27(18-12-24)28-19-15-26(16-20-28)23-35-31(33,34)30(32)29-21-13-25(14-22-29)10-8-6-4-2/h13-16,19-22,24,27,30H,3-12,17-18,23H2,1-2H3. The second-order valence-corrected chi connectivity index (χ2v) is 10.4. The first-order chi connectivity index (χ1) is 16.9. The zero-order valence-corrected chi connectivity index (χ0v) is 21.6. The average Bonchev–Trinajstić information content (AvgIpc) is 2.88. The van der Waals surface area contributed by atoms with Gasteiger partial charge in [0.25, 0.3) is 0 Å². The zero-order chi connectivity index (χ0) is 25.1. The van der Waals surface area contributed by atoms with Crippen LogP contribution in [0.5, 0.6) is 0 Å². The Morgan fingerprint density at radius 1 is 0.800 bits per heavy atom. The number of benzene rings is 2. The van der Waals surface area contributed by atoms with Crippen LogP contribution in [0.25, 0.3) is 0 Å². The summed E-state index contributed by atoms with van der Waals surface area (Å²) in [5.41, 5.74) is 2.91. The van der Waals surface area contributed by atoms with E-state index in [1.165, 1.54) is 69.1 Å². The lowest BCUT2D eigenvalue weighted by atomic mass is 9.77. The molecule has 1 fully saturated rings. The Balaban J connectivity index is 1.46. The van der Waals surface area contributed by atoms with Gasteiger partial charge in [-0.2, -0.15) is 8.78 Å². The summed E-state index contributed by atoms with van der Waals surface area (Å²) in [6, 6.07) is 14.1. The quantitative estimate of drug-likeness (QED) is 0.240. The van der Waals surface area contributed by atoms with E-state index < -0.39 is 12.3 Å². The minimum absolute atomic E-state index is 0.0464. The van der Waals surface area contributed by atoms with Crippen LogP contribution in [0, 0.1) is 5.92 Å². The number of aryl methyl sites for hydroxylation is 1. The Morgan fingerprint density at radius 3 is 2.03 bits per heavy atom. The molecule has 0 radical (unpaired) electrons. The molecular formula is C31H43F3O. The van der Waals surface area contributed by atoms with Gasteiger partial charge < -0.3 is 4.74 Å². The number of rotatable bonds is 14. The molecule has 3 rings (SSSR count). The number of ether oxygens (including phenoxy) is 1. The molecule has 0 spiro atoms. The van der Waals surface area contributed by atoms with E-state index in [2.05, 4.69) is 13.8 Å². The van der Waals surface area contributed by atoms with E-state index in [0.717, 1.165) is 37.2 Å². The van der Waals surface area contributed by atoms with Gasteiger partial charge in [0.15, 0.2) is 0 Å². The third-order valence-corrected chi connectivity index (χ3v) is 7.58. The van der Waals surface area contributed by atoms with Gasteiger partial charge in [0.2, 0.25) is 6.17 Å². The van der Waals surface area contributed by atoms with Gasteiger partial charge in [0.1, 0.15) is 0 Å². The van der Waals surface area contributed by atoms with Crippen molar-refractivity contribution in [2.45, 2.75) is 116 Å². The molecule has 0 aliphatic heterocycles. The van der Waals surface area contributed by atoms with Crippen molar-refractivity contribution in [3.63, 3.8) is 0 Å². The van der Waals surface area contributed by atoms with Crippen LogP contribution in [0.4, 0.5) is 13.2 Å². The second kappa shape index (κ2) is 14.1. The summed E-state index contributed by atoms with van der Waals surface area (Å²) in [6.45, 7) is 4.07. The lowest BCUT2D eigenvalue weighted by molar-refractivity contribution is -0.282. The highest BCUT2D eigenvalue weighted by atomic mass is 19.3. The number of hydrogen-bond acceptors (Lipinski definition) is 1. The van der Waals surface area contributed by atoms with E-state index in [9.17, 15) is 13.2 Å². The zero-order valence-electron chi connectivity index (χ0n) is 21.6. The van der Waals surface area contributed by atoms with E-state index >= 15 is 0 Å². The van der Waals surface area contributed by atoms with Crippen molar-refractivity contribution >= 4 is 0 Å². The molecule has 2 aromatic rings. The van der Waals surface area contributed by atoms with E-state index in [-0.39, 0.29) is 12.2 Å². The Hall–Kier alpha value is -1.81. The molecular weight excluding hydrogens is 445 g/mol. The first kappa shape index (κ1) is 27.8. The van der Waals surface area contributed by atoms with Crippen LogP contribution in [0.3, 0.4) is 0 Å². The summed E-state index contributed by atoms with van der Waals surface area (Å²) >= 11 is 0. The summed E-state index contributed by atoms with van der Waals surface area (Å²) in [7, 11) is 0. The maximum Gasteiger partial charge on any atom is 0.391 e. The second-order valence-electron chi connectivity index (χ2n) is 10.4. The molecule has 0 aromatic heterocycles. The fourth-order valence-corrected chi connectivity index (χ4v) is 5.23. The minimum Gasteiger partial charge on any atom is -0.313 e. The predicted molar refractivity (Wildman–Crippen MR) is 139 cm³/mol. The van der Waals surface area contributed by atoms with Gasteiger partial charge in [-0.05, 0) is 72.6 Å². The van der Waals surface area contributed by atoms with Crippen LogP contribution in [0.2, 0.25) is 0 Å². The average molecular weight is 489 g/mol. The van der Waals surface area contributed by atoms with Crippen LogP contribution in [-0.2, 0) is 17.8 Å². The van der Waals surface area contributed by atoms with Crippen molar-refractivity contribution in [2.24, 2.45) is 5.92 Å². The maximum absolute atomic E-state index is 14.6. The van der Waals surface area contributed by atoms with Crippen molar-refractivity contribution in [3.05, 3.63) is 70.8 Å².